The van der Waals surface area contributed by atoms with E-state index in [4.69, 9.17) is 4.74 Å². The lowest BCUT2D eigenvalue weighted by Gasteiger charge is -2.24. The Labute approximate surface area is 406 Å². The van der Waals surface area contributed by atoms with Crippen LogP contribution in [0.4, 0.5) is 0 Å². The average Bonchev–Trinajstić information content (AvgIpc) is 3.30. The second kappa shape index (κ2) is 53.8. The van der Waals surface area contributed by atoms with Gasteiger partial charge in [-0.25, -0.2) is 0 Å². The Morgan fingerprint density at radius 1 is 0.385 bits per heavy atom. The number of hydrogen-bond acceptors (Lipinski definition) is 5. The molecule has 0 aliphatic heterocycles. The first-order chi connectivity index (χ1) is 32.0. The molecule has 0 aliphatic carbocycles. The maximum atomic E-state index is 13.3. The number of ether oxygens (including phenoxy) is 1. The molecular formula is C59H117NO5. The van der Waals surface area contributed by atoms with E-state index in [1.54, 1.807) is 0 Å². The average molecular weight is 921 g/mol. The summed E-state index contributed by atoms with van der Waals surface area (Å²) >= 11 is 0. The van der Waals surface area contributed by atoms with Crippen molar-refractivity contribution < 1.29 is 24.5 Å². The summed E-state index contributed by atoms with van der Waals surface area (Å²) in [6.45, 7) is 6.54. The molecule has 0 saturated heterocycles. The number of carbonyl (C=O) groups is 2. The Kier molecular flexibility index (Phi) is 52.9. The highest BCUT2D eigenvalue weighted by Gasteiger charge is 2.24. The fourth-order valence-corrected chi connectivity index (χ4v) is 9.67. The Balaban J connectivity index is 4.47. The van der Waals surface area contributed by atoms with Gasteiger partial charge in [0.25, 0.3) is 0 Å². The number of nitrogens with one attached hydrogen (secondary N) is 1. The molecule has 0 aromatic heterocycles. The summed E-state index contributed by atoms with van der Waals surface area (Å²) in [5.74, 6) is -0.443. The van der Waals surface area contributed by atoms with Gasteiger partial charge in [0, 0.05) is 6.42 Å². The Morgan fingerprint density at radius 2 is 0.646 bits per heavy atom. The van der Waals surface area contributed by atoms with Crippen LogP contribution in [0, 0.1) is 0 Å². The topological polar surface area (TPSA) is 95.9 Å². The molecule has 0 saturated carbocycles. The van der Waals surface area contributed by atoms with Crippen LogP contribution < -0.4 is 5.32 Å². The standard InChI is InChI=1S/C59H117NO5/c1-4-7-10-13-16-19-22-25-28-31-33-36-39-42-45-48-51-57(62)56(54-61)60-58(63)53-55(50-47-44-41-38-35-32-29-26-23-20-17-14-11-8-5-2)65-59(64)52-49-46-43-40-37-34-30-27-24-21-18-15-12-9-6-3/h55-57,61-62H,4-54H2,1-3H3,(H,60,63). The third-order valence-electron chi connectivity index (χ3n) is 14.2. The minimum absolute atomic E-state index is 0.0888. The zero-order valence-corrected chi connectivity index (χ0v) is 44.4. The van der Waals surface area contributed by atoms with Crippen molar-refractivity contribution in [1.82, 2.24) is 5.32 Å². The molecule has 0 bridgehead atoms. The highest BCUT2D eigenvalue weighted by molar-refractivity contribution is 5.77. The summed E-state index contributed by atoms with van der Waals surface area (Å²) in [6.07, 6.45) is 60.2. The van der Waals surface area contributed by atoms with Gasteiger partial charge in [-0.2, -0.15) is 0 Å². The van der Waals surface area contributed by atoms with Crippen molar-refractivity contribution in [3.8, 4) is 0 Å². The maximum absolute atomic E-state index is 13.3. The molecule has 3 unspecified atom stereocenters. The lowest BCUT2D eigenvalue weighted by atomic mass is 10.0. The van der Waals surface area contributed by atoms with E-state index in [0.717, 1.165) is 38.5 Å². The van der Waals surface area contributed by atoms with Crippen molar-refractivity contribution in [1.29, 1.82) is 0 Å². The molecule has 0 heterocycles. The third-order valence-corrected chi connectivity index (χ3v) is 14.2. The van der Waals surface area contributed by atoms with Gasteiger partial charge in [0.2, 0.25) is 5.91 Å². The minimum Gasteiger partial charge on any atom is -0.462 e. The van der Waals surface area contributed by atoms with E-state index in [0.29, 0.717) is 19.3 Å². The predicted octanol–water partition coefficient (Wildman–Crippen LogP) is 18.3. The summed E-state index contributed by atoms with van der Waals surface area (Å²) in [6, 6.07) is -0.693. The van der Waals surface area contributed by atoms with Crippen molar-refractivity contribution in [3.63, 3.8) is 0 Å². The van der Waals surface area contributed by atoms with Crippen LogP contribution in [-0.2, 0) is 14.3 Å². The van der Waals surface area contributed by atoms with Gasteiger partial charge in [-0.05, 0) is 25.7 Å². The van der Waals surface area contributed by atoms with Gasteiger partial charge in [0.15, 0.2) is 0 Å². The molecule has 0 aromatic rings. The minimum atomic E-state index is -0.780. The fraction of sp³-hybridized carbons (Fsp3) is 0.966. The quantitative estimate of drug-likeness (QED) is 0.0417. The van der Waals surface area contributed by atoms with Crippen LogP contribution in [0.2, 0.25) is 0 Å². The predicted molar refractivity (Wildman–Crippen MR) is 283 cm³/mol. The van der Waals surface area contributed by atoms with E-state index in [2.05, 4.69) is 26.1 Å². The number of carbonyl (C=O) groups excluding carboxylic acids is 2. The molecule has 0 spiro atoms. The number of amides is 1. The van der Waals surface area contributed by atoms with Crippen LogP contribution >= 0.6 is 0 Å². The normalized spacial score (nSPS) is 13.0. The van der Waals surface area contributed by atoms with Gasteiger partial charge < -0.3 is 20.3 Å². The van der Waals surface area contributed by atoms with Crippen LogP contribution in [0.25, 0.3) is 0 Å². The largest absolute Gasteiger partial charge is 0.462 e. The van der Waals surface area contributed by atoms with Gasteiger partial charge in [-0.15, -0.1) is 0 Å². The van der Waals surface area contributed by atoms with E-state index in [9.17, 15) is 19.8 Å². The first-order valence-corrected chi connectivity index (χ1v) is 29.8. The van der Waals surface area contributed by atoms with Gasteiger partial charge in [0.05, 0.1) is 25.2 Å². The molecular weight excluding hydrogens is 803 g/mol. The molecule has 388 valence electrons. The number of rotatable bonds is 55. The molecule has 0 rings (SSSR count). The summed E-state index contributed by atoms with van der Waals surface area (Å²) < 4.78 is 5.97. The zero-order valence-electron chi connectivity index (χ0n) is 44.4. The molecule has 1 amide bonds. The highest BCUT2D eigenvalue weighted by Crippen LogP contribution is 2.20. The summed E-state index contributed by atoms with van der Waals surface area (Å²) in [5, 5.41) is 23.9. The van der Waals surface area contributed by atoms with E-state index in [-0.39, 0.29) is 24.9 Å². The van der Waals surface area contributed by atoms with Gasteiger partial charge in [-0.3, -0.25) is 9.59 Å². The van der Waals surface area contributed by atoms with Gasteiger partial charge >= 0.3 is 5.97 Å². The SMILES string of the molecule is CCCCCCCCCCCCCCCCCCC(O)C(CO)NC(=O)CC(CCCCCCCCCCCCCCCCC)OC(=O)CCCCCCCCCCCCCCCCC. The number of aliphatic hydroxyl groups excluding tert-OH is 2. The lowest BCUT2D eigenvalue weighted by molar-refractivity contribution is -0.151. The molecule has 6 heteroatoms. The smallest absolute Gasteiger partial charge is 0.306 e. The molecule has 3 N–H and O–H groups in total. The number of unbranched alkanes of at least 4 members (excludes halogenated alkanes) is 43. The first kappa shape index (κ1) is 63.9. The molecule has 3 atom stereocenters. The molecule has 0 fully saturated rings. The second-order valence-electron chi connectivity index (χ2n) is 20.8. The van der Waals surface area contributed by atoms with Crippen LogP contribution in [0.15, 0.2) is 0 Å². The summed E-state index contributed by atoms with van der Waals surface area (Å²) in [7, 11) is 0. The molecule has 0 aliphatic rings. The van der Waals surface area contributed by atoms with Gasteiger partial charge in [-0.1, -0.05) is 303 Å². The maximum Gasteiger partial charge on any atom is 0.306 e. The third kappa shape index (κ3) is 49.1. The van der Waals surface area contributed by atoms with E-state index in [1.807, 2.05) is 0 Å². The van der Waals surface area contributed by atoms with Crippen LogP contribution in [-0.4, -0.2) is 46.9 Å². The van der Waals surface area contributed by atoms with Crippen LogP contribution in [0.1, 0.15) is 342 Å². The van der Waals surface area contributed by atoms with Crippen molar-refractivity contribution in [2.45, 2.75) is 360 Å². The monoisotopic (exact) mass is 920 g/mol. The Morgan fingerprint density at radius 3 is 0.938 bits per heavy atom. The van der Waals surface area contributed by atoms with Crippen molar-refractivity contribution in [3.05, 3.63) is 0 Å². The van der Waals surface area contributed by atoms with E-state index >= 15 is 0 Å². The van der Waals surface area contributed by atoms with E-state index in [1.165, 1.54) is 257 Å². The van der Waals surface area contributed by atoms with Crippen molar-refractivity contribution >= 4 is 11.9 Å². The van der Waals surface area contributed by atoms with Crippen LogP contribution in [0.5, 0.6) is 0 Å². The number of aliphatic hydroxyl groups is 2. The van der Waals surface area contributed by atoms with Crippen molar-refractivity contribution in [2.24, 2.45) is 0 Å². The van der Waals surface area contributed by atoms with Crippen molar-refractivity contribution in [2.75, 3.05) is 6.61 Å². The highest BCUT2D eigenvalue weighted by atomic mass is 16.5. The zero-order chi connectivity index (χ0) is 47.4. The number of hydrogen-bond donors (Lipinski definition) is 3. The molecule has 6 nitrogen and oxygen atoms in total. The molecule has 65 heavy (non-hydrogen) atoms. The first-order valence-electron chi connectivity index (χ1n) is 29.8. The summed E-state index contributed by atoms with van der Waals surface area (Å²) in [4.78, 5) is 26.3. The molecule has 0 aromatic carbocycles. The Bertz CT molecular complexity index is 944. The van der Waals surface area contributed by atoms with Crippen LogP contribution in [0.3, 0.4) is 0 Å². The number of esters is 1. The molecule has 0 radical (unpaired) electrons. The fourth-order valence-electron chi connectivity index (χ4n) is 9.67. The summed E-state index contributed by atoms with van der Waals surface area (Å²) in [5.41, 5.74) is 0. The van der Waals surface area contributed by atoms with E-state index < -0.39 is 18.2 Å². The van der Waals surface area contributed by atoms with Gasteiger partial charge in [0.1, 0.15) is 6.10 Å². The Hall–Kier alpha value is -1.14. The second-order valence-corrected chi connectivity index (χ2v) is 20.8. The lowest BCUT2D eigenvalue weighted by Crippen LogP contribution is -2.46.